The minimum atomic E-state index is -0.467. The van der Waals surface area contributed by atoms with Crippen molar-refractivity contribution in [2.75, 3.05) is 20.2 Å². The van der Waals surface area contributed by atoms with Crippen LogP contribution >= 0.6 is 0 Å². The smallest absolute Gasteiger partial charge is 0.255 e. The lowest BCUT2D eigenvalue weighted by Crippen LogP contribution is -2.43. The van der Waals surface area contributed by atoms with E-state index in [9.17, 15) is 9.90 Å². The highest BCUT2D eigenvalue weighted by molar-refractivity contribution is 5.79. The zero-order valence-corrected chi connectivity index (χ0v) is 16.3. The Balaban J connectivity index is 1.52. The van der Waals surface area contributed by atoms with Crippen LogP contribution < -0.4 is 10.3 Å². The molecule has 0 amide bonds. The number of pyridine rings is 1. The molecule has 3 aromatic rings. The van der Waals surface area contributed by atoms with Gasteiger partial charge in [0.05, 0.1) is 18.7 Å². The third-order valence-electron chi connectivity index (χ3n) is 5.79. The van der Waals surface area contributed by atoms with Crippen molar-refractivity contribution in [3.8, 4) is 5.75 Å². The minimum Gasteiger partial charge on any atom is -0.497 e. The summed E-state index contributed by atoms with van der Waals surface area (Å²) in [4.78, 5) is 14.9. The maximum absolute atomic E-state index is 12.8. The Labute approximate surface area is 164 Å². The highest BCUT2D eigenvalue weighted by Crippen LogP contribution is 2.31. The third kappa shape index (κ3) is 3.55. The summed E-state index contributed by atoms with van der Waals surface area (Å²) in [6, 6.07) is 17.8. The van der Waals surface area contributed by atoms with Gasteiger partial charge in [-0.1, -0.05) is 30.3 Å². The molecular formula is C23H26N2O3. The number of para-hydroxylation sites is 1. The number of piperidine rings is 1. The van der Waals surface area contributed by atoms with Crippen molar-refractivity contribution in [3.05, 3.63) is 76.1 Å². The zero-order valence-electron chi connectivity index (χ0n) is 16.3. The van der Waals surface area contributed by atoms with Crippen molar-refractivity contribution >= 4 is 10.9 Å². The number of rotatable bonds is 4. The second-order valence-corrected chi connectivity index (χ2v) is 7.57. The van der Waals surface area contributed by atoms with Gasteiger partial charge in [0.15, 0.2) is 0 Å². The molecule has 2 atom stereocenters. The van der Waals surface area contributed by atoms with Gasteiger partial charge >= 0.3 is 0 Å². The van der Waals surface area contributed by atoms with E-state index < -0.39 is 6.10 Å². The predicted octanol–water partition coefficient (Wildman–Crippen LogP) is 2.90. The number of aliphatic hydroxyl groups is 1. The predicted molar refractivity (Wildman–Crippen MR) is 111 cm³/mol. The first-order valence-corrected chi connectivity index (χ1v) is 9.69. The van der Waals surface area contributed by atoms with E-state index in [-0.39, 0.29) is 11.5 Å². The molecule has 1 aromatic heterocycles. The summed E-state index contributed by atoms with van der Waals surface area (Å²) in [6.07, 6.45) is 0.382. The summed E-state index contributed by atoms with van der Waals surface area (Å²) in [5.41, 5.74) is 2.84. The molecule has 1 saturated heterocycles. The first-order chi connectivity index (χ1) is 13.6. The molecule has 0 unspecified atom stereocenters. The van der Waals surface area contributed by atoms with Crippen LogP contribution in [0.4, 0.5) is 0 Å². The van der Waals surface area contributed by atoms with Crippen LogP contribution in [0.5, 0.6) is 5.75 Å². The maximum Gasteiger partial charge on any atom is 0.255 e. The lowest BCUT2D eigenvalue weighted by Gasteiger charge is -2.36. The first kappa shape index (κ1) is 18.7. The van der Waals surface area contributed by atoms with Gasteiger partial charge in [-0.2, -0.15) is 0 Å². The minimum absolute atomic E-state index is 0.0307. The van der Waals surface area contributed by atoms with Gasteiger partial charge in [-0.15, -0.1) is 0 Å². The normalized spacial score (nSPS) is 20.4. The SMILES string of the molecule is COc1cccc([C@@H]2CCN(Cc3cc4ccccc4n(C)c3=O)C[C@H]2O)c1. The molecule has 1 N–H and O–H groups in total. The van der Waals surface area contributed by atoms with E-state index in [1.807, 2.05) is 61.6 Å². The Morgan fingerprint density at radius 2 is 1.96 bits per heavy atom. The van der Waals surface area contributed by atoms with Crippen LogP contribution in [-0.2, 0) is 13.6 Å². The molecule has 0 bridgehead atoms. The summed E-state index contributed by atoms with van der Waals surface area (Å²) in [6.45, 7) is 1.95. The second-order valence-electron chi connectivity index (χ2n) is 7.57. The number of ether oxygens (including phenoxy) is 1. The van der Waals surface area contributed by atoms with E-state index >= 15 is 0 Å². The molecule has 1 fully saturated rings. The van der Waals surface area contributed by atoms with Gasteiger partial charge in [-0.05, 0) is 48.2 Å². The van der Waals surface area contributed by atoms with Crippen molar-refractivity contribution in [3.63, 3.8) is 0 Å². The molecule has 0 spiro atoms. The maximum atomic E-state index is 12.8. The number of methoxy groups -OCH3 is 1. The summed E-state index contributed by atoms with van der Waals surface area (Å²) in [7, 11) is 3.47. The van der Waals surface area contributed by atoms with Crippen LogP contribution in [0.2, 0.25) is 0 Å². The standard InChI is InChI=1S/C23H26N2O3/c1-24-21-9-4-3-6-17(21)12-18(23(24)27)14-25-11-10-20(22(26)15-25)16-7-5-8-19(13-16)28-2/h3-9,12-13,20,22,26H,10-11,14-15H2,1-2H3/t20-,22+/m0/s1. The molecule has 0 aliphatic carbocycles. The van der Waals surface area contributed by atoms with Crippen LogP contribution in [0.1, 0.15) is 23.5 Å². The van der Waals surface area contributed by atoms with Gasteiger partial charge in [0.1, 0.15) is 5.75 Å². The second kappa shape index (κ2) is 7.78. The van der Waals surface area contributed by atoms with Crippen molar-refractivity contribution in [2.24, 2.45) is 7.05 Å². The Morgan fingerprint density at radius 1 is 1.14 bits per heavy atom. The Kier molecular flexibility index (Phi) is 5.20. The van der Waals surface area contributed by atoms with Gasteiger partial charge in [0.25, 0.3) is 5.56 Å². The van der Waals surface area contributed by atoms with Crippen LogP contribution in [-0.4, -0.2) is 40.9 Å². The Hall–Kier alpha value is -2.63. The molecule has 28 heavy (non-hydrogen) atoms. The first-order valence-electron chi connectivity index (χ1n) is 9.69. The fraction of sp³-hybridized carbons (Fsp3) is 0.348. The molecule has 0 saturated carbocycles. The number of hydrogen-bond acceptors (Lipinski definition) is 4. The topological polar surface area (TPSA) is 54.7 Å². The highest BCUT2D eigenvalue weighted by atomic mass is 16.5. The van der Waals surface area contributed by atoms with Crippen molar-refractivity contribution in [1.82, 2.24) is 9.47 Å². The van der Waals surface area contributed by atoms with E-state index in [1.165, 1.54) is 0 Å². The van der Waals surface area contributed by atoms with E-state index in [2.05, 4.69) is 4.90 Å². The molecule has 0 radical (unpaired) electrons. The van der Waals surface area contributed by atoms with Gasteiger partial charge in [0, 0.05) is 31.6 Å². The fourth-order valence-corrected chi connectivity index (χ4v) is 4.25. The van der Waals surface area contributed by atoms with E-state index in [4.69, 9.17) is 4.74 Å². The highest BCUT2D eigenvalue weighted by Gasteiger charge is 2.29. The van der Waals surface area contributed by atoms with Gasteiger partial charge in [0.2, 0.25) is 0 Å². The molecule has 5 nitrogen and oxygen atoms in total. The number of aromatic nitrogens is 1. The lowest BCUT2D eigenvalue weighted by molar-refractivity contribution is 0.0474. The largest absolute Gasteiger partial charge is 0.497 e. The Morgan fingerprint density at radius 3 is 2.75 bits per heavy atom. The molecule has 1 aliphatic rings. The summed E-state index contributed by atoms with van der Waals surface area (Å²) in [5, 5.41) is 11.8. The molecule has 2 heterocycles. The van der Waals surface area contributed by atoms with Crippen molar-refractivity contribution in [2.45, 2.75) is 25.0 Å². The van der Waals surface area contributed by atoms with Gasteiger partial charge in [-0.25, -0.2) is 0 Å². The lowest BCUT2D eigenvalue weighted by atomic mass is 9.87. The summed E-state index contributed by atoms with van der Waals surface area (Å²) < 4.78 is 7.02. The number of hydrogen-bond donors (Lipinski definition) is 1. The number of benzene rings is 2. The van der Waals surface area contributed by atoms with Gasteiger partial charge in [-0.3, -0.25) is 9.69 Å². The average molecular weight is 378 g/mol. The van der Waals surface area contributed by atoms with E-state index in [0.29, 0.717) is 13.1 Å². The Bertz CT molecular complexity index is 1040. The summed E-state index contributed by atoms with van der Waals surface area (Å²) in [5.74, 6) is 0.901. The average Bonchev–Trinajstić information content (AvgIpc) is 2.72. The molecule has 4 rings (SSSR count). The number of β-amino-alcohol motifs (C(OH)–C–C–N with tert-alkyl or cyclic N) is 1. The number of aryl methyl sites for hydroxylation is 1. The van der Waals surface area contributed by atoms with Gasteiger partial charge < -0.3 is 14.4 Å². The van der Waals surface area contributed by atoms with Crippen LogP contribution in [0.3, 0.4) is 0 Å². The third-order valence-corrected chi connectivity index (χ3v) is 5.79. The molecule has 146 valence electrons. The quantitative estimate of drug-likeness (QED) is 0.759. The summed E-state index contributed by atoms with van der Waals surface area (Å²) >= 11 is 0. The van der Waals surface area contributed by atoms with Crippen LogP contribution in [0, 0.1) is 0 Å². The van der Waals surface area contributed by atoms with Crippen molar-refractivity contribution < 1.29 is 9.84 Å². The number of fused-ring (bicyclic) bond motifs is 1. The number of aliphatic hydroxyl groups excluding tert-OH is 1. The van der Waals surface area contributed by atoms with Crippen LogP contribution in [0.25, 0.3) is 10.9 Å². The molecule has 5 heteroatoms. The van der Waals surface area contributed by atoms with E-state index in [1.54, 1.807) is 11.7 Å². The fourth-order valence-electron chi connectivity index (χ4n) is 4.25. The monoisotopic (exact) mass is 378 g/mol. The molecule has 1 aliphatic heterocycles. The molecule has 2 aromatic carbocycles. The zero-order chi connectivity index (χ0) is 19.7. The molecular weight excluding hydrogens is 352 g/mol. The number of likely N-dealkylation sites (tertiary alicyclic amines) is 1. The van der Waals surface area contributed by atoms with E-state index in [0.717, 1.165) is 40.7 Å². The van der Waals surface area contributed by atoms with Crippen molar-refractivity contribution in [1.29, 1.82) is 0 Å². The van der Waals surface area contributed by atoms with Crippen LogP contribution in [0.15, 0.2) is 59.4 Å². The number of nitrogens with zero attached hydrogens (tertiary/aromatic N) is 2.